The summed E-state index contributed by atoms with van der Waals surface area (Å²) in [6.45, 7) is 18.3. The minimum Gasteiger partial charge on any atom is -0.458 e. The van der Waals surface area contributed by atoms with Crippen LogP contribution in [0.3, 0.4) is 0 Å². The molecule has 13 atom stereocenters. The van der Waals surface area contributed by atoms with Crippen LogP contribution in [0.15, 0.2) is 5.11 Å². The van der Waals surface area contributed by atoms with Gasteiger partial charge in [-0.25, -0.2) is 4.79 Å². The van der Waals surface area contributed by atoms with Crippen molar-refractivity contribution in [3.63, 3.8) is 0 Å². The van der Waals surface area contributed by atoms with Gasteiger partial charge in [-0.3, -0.25) is 14.5 Å². The number of unbranched alkanes of at least 4 members (excludes halogenated alkanes) is 1. The molecule has 0 radical (unpaired) electrons. The third kappa shape index (κ3) is 9.46. The van der Waals surface area contributed by atoms with Crippen molar-refractivity contribution in [1.29, 1.82) is 0 Å². The second kappa shape index (κ2) is 18.1. The molecular weight excluding hydrogens is 662 g/mol. The Labute approximate surface area is 303 Å². The van der Waals surface area contributed by atoms with Gasteiger partial charge in [-0.05, 0) is 91.1 Å². The first-order chi connectivity index (χ1) is 23.4. The number of azide groups is 1. The second-order valence-corrected chi connectivity index (χ2v) is 16.9. The van der Waals surface area contributed by atoms with E-state index in [0.717, 1.165) is 12.2 Å². The van der Waals surface area contributed by atoms with Gasteiger partial charge in [0, 0.05) is 48.2 Å². The fourth-order valence-corrected chi connectivity index (χ4v) is 9.69. The van der Waals surface area contributed by atoms with Crippen LogP contribution in [-0.4, -0.2) is 121 Å². The maximum absolute atomic E-state index is 14.3. The van der Waals surface area contributed by atoms with Crippen LogP contribution in [0, 0.1) is 23.7 Å². The molecule has 3 rings (SSSR count). The summed E-state index contributed by atoms with van der Waals surface area (Å²) in [5.74, 6) is -1.92. The molecule has 3 fully saturated rings. The van der Waals surface area contributed by atoms with Crippen molar-refractivity contribution in [2.75, 3.05) is 40.0 Å². The van der Waals surface area contributed by atoms with E-state index in [1.54, 1.807) is 37.6 Å². The van der Waals surface area contributed by atoms with E-state index in [2.05, 4.69) is 49.8 Å². The van der Waals surface area contributed by atoms with E-state index in [4.69, 9.17) is 29.2 Å². The lowest BCUT2D eigenvalue weighted by Crippen LogP contribution is -2.57. The molecule has 1 amide bonds. The molecule has 14 heteroatoms. The summed E-state index contributed by atoms with van der Waals surface area (Å²) in [7, 11) is 5.77. The molecular formula is C36H63N5O8S. The third-order valence-corrected chi connectivity index (χ3v) is 12.8. The summed E-state index contributed by atoms with van der Waals surface area (Å²) >= 11 is 1.74. The average molecular weight is 726 g/mol. The molecule has 0 saturated carbocycles. The van der Waals surface area contributed by atoms with Gasteiger partial charge in [0.2, 0.25) is 0 Å². The lowest BCUT2D eigenvalue weighted by Gasteiger charge is -2.47. The van der Waals surface area contributed by atoms with Crippen LogP contribution in [0.4, 0.5) is 4.79 Å². The van der Waals surface area contributed by atoms with Crippen molar-refractivity contribution in [1.82, 2.24) is 9.80 Å². The van der Waals surface area contributed by atoms with Gasteiger partial charge in [0.05, 0.1) is 23.9 Å². The van der Waals surface area contributed by atoms with Crippen molar-refractivity contribution in [3.05, 3.63) is 10.4 Å². The first-order valence-electron chi connectivity index (χ1n) is 18.3. The number of carbonyl (C=O) groups is 3. The Morgan fingerprint density at radius 3 is 2.38 bits per heavy atom. The summed E-state index contributed by atoms with van der Waals surface area (Å²) in [6, 6.07) is -0.191. The number of cyclic esters (lactones) is 1. The smallest absolute Gasteiger partial charge is 0.410 e. The number of hydrogen-bond acceptors (Lipinski definition) is 11. The van der Waals surface area contributed by atoms with Crippen molar-refractivity contribution in [2.24, 2.45) is 28.8 Å². The number of hydrogen-bond donors (Lipinski definition) is 0. The van der Waals surface area contributed by atoms with Crippen molar-refractivity contribution >= 4 is 29.6 Å². The Morgan fingerprint density at radius 2 is 1.78 bits per heavy atom. The van der Waals surface area contributed by atoms with Crippen LogP contribution < -0.4 is 0 Å². The lowest BCUT2D eigenvalue weighted by molar-refractivity contribution is -0.280. The van der Waals surface area contributed by atoms with Crippen LogP contribution in [0.5, 0.6) is 0 Å². The fourth-order valence-electron chi connectivity index (χ4n) is 8.34. The quantitative estimate of drug-likeness (QED) is 0.0612. The molecule has 3 unspecified atom stereocenters. The number of ketones is 1. The molecule has 3 aliphatic heterocycles. The Morgan fingerprint density at radius 1 is 1.10 bits per heavy atom. The van der Waals surface area contributed by atoms with E-state index >= 15 is 0 Å². The Bertz CT molecular complexity index is 1220. The highest BCUT2D eigenvalue weighted by Crippen LogP contribution is 2.43. The van der Waals surface area contributed by atoms with Crippen molar-refractivity contribution in [2.45, 2.75) is 148 Å². The van der Waals surface area contributed by atoms with Gasteiger partial charge in [-0.2, -0.15) is 11.8 Å². The molecule has 0 aromatic rings. The average Bonchev–Trinajstić information content (AvgIpc) is 3.33. The zero-order chi connectivity index (χ0) is 37.6. The van der Waals surface area contributed by atoms with Crippen molar-refractivity contribution < 1.29 is 38.1 Å². The second-order valence-electron chi connectivity index (χ2n) is 15.5. The molecule has 3 heterocycles. The van der Waals surface area contributed by atoms with Gasteiger partial charge in [-0.15, -0.1) is 0 Å². The minimum absolute atomic E-state index is 0.0210. The number of amides is 1. The predicted molar refractivity (Wildman–Crippen MR) is 194 cm³/mol. The molecule has 286 valence electrons. The van der Waals surface area contributed by atoms with E-state index < -0.39 is 59.6 Å². The normalized spacial score (nSPS) is 40.7. The molecule has 3 aliphatic rings. The highest BCUT2D eigenvalue weighted by Gasteiger charge is 2.58. The number of carbonyl (C=O) groups excluding carboxylic acids is 3. The summed E-state index contributed by atoms with van der Waals surface area (Å²) in [6.07, 6.45) is 0.494. The summed E-state index contributed by atoms with van der Waals surface area (Å²) in [4.78, 5) is 48.4. The number of Topliss-reactive ketones (excluding diaryl/α,β-unsaturated/α-hetero) is 1. The molecule has 3 saturated heterocycles. The molecule has 13 nitrogen and oxygen atoms in total. The van der Waals surface area contributed by atoms with E-state index in [-0.39, 0.29) is 35.0 Å². The van der Waals surface area contributed by atoms with E-state index in [1.165, 1.54) is 0 Å². The van der Waals surface area contributed by atoms with E-state index in [0.29, 0.717) is 38.8 Å². The first-order valence-corrected chi connectivity index (χ1v) is 19.4. The minimum atomic E-state index is -1.16. The largest absolute Gasteiger partial charge is 0.458 e. The SMILES string of the molecule is CC[C@H]1OC(=O)[C@H](C)C(=O)[C@H](C)[C@@H](O[C@@H]2OC(C)CC(N(C)C)C2C)[C@](C)(OC)C[C@@H](C)CS[C@H](C)[C@H]2N(CCCCN=[N+]=[N-])C(=O)O[C@]12C. The number of thioether (sulfide) groups is 1. The monoisotopic (exact) mass is 725 g/mol. The number of ether oxygens (including phenoxy) is 5. The van der Waals surface area contributed by atoms with Crippen LogP contribution in [0.2, 0.25) is 0 Å². The Kier molecular flexibility index (Phi) is 15.3. The molecule has 0 aromatic carbocycles. The Hall–Kier alpha value is -2.09. The predicted octanol–water partition coefficient (Wildman–Crippen LogP) is 6.47. The summed E-state index contributed by atoms with van der Waals surface area (Å²) < 4.78 is 31.8. The fraction of sp³-hybridized carbons (Fsp3) is 0.917. The van der Waals surface area contributed by atoms with Gasteiger partial charge in [0.1, 0.15) is 12.0 Å². The van der Waals surface area contributed by atoms with E-state index in [1.807, 2.05) is 27.7 Å². The molecule has 50 heavy (non-hydrogen) atoms. The lowest BCUT2D eigenvalue weighted by atomic mass is 9.78. The number of esters is 1. The first kappa shape index (κ1) is 42.3. The Balaban J connectivity index is 2.02. The molecule has 0 bridgehead atoms. The number of fused-ring (bicyclic) bond motifs is 1. The third-order valence-electron chi connectivity index (χ3n) is 11.2. The van der Waals surface area contributed by atoms with Crippen molar-refractivity contribution in [3.8, 4) is 0 Å². The van der Waals surface area contributed by atoms with Gasteiger partial charge in [0.25, 0.3) is 0 Å². The molecule has 0 aliphatic carbocycles. The topological polar surface area (TPSA) is 153 Å². The van der Waals surface area contributed by atoms with Gasteiger partial charge in [-0.1, -0.05) is 39.7 Å². The summed E-state index contributed by atoms with van der Waals surface area (Å²) in [5.41, 5.74) is 6.61. The zero-order valence-electron chi connectivity index (χ0n) is 32.4. The number of nitrogens with zero attached hydrogens (tertiary/aromatic N) is 5. The van der Waals surface area contributed by atoms with Crippen LogP contribution in [0.25, 0.3) is 10.4 Å². The van der Waals surface area contributed by atoms with Gasteiger partial charge >= 0.3 is 12.1 Å². The van der Waals surface area contributed by atoms with E-state index in [9.17, 15) is 14.4 Å². The highest BCUT2D eigenvalue weighted by molar-refractivity contribution is 7.99. The molecule has 0 N–H and O–H groups in total. The van der Waals surface area contributed by atoms with Crippen LogP contribution >= 0.6 is 11.8 Å². The zero-order valence-corrected chi connectivity index (χ0v) is 33.2. The number of rotatable bonds is 10. The summed E-state index contributed by atoms with van der Waals surface area (Å²) in [5, 5.41) is 3.53. The van der Waals surface area contributed by atoms with Gasteiger partial charge < -0.3 is 28.6 Å². The maximum atomic E-state index is 14.3. The molecule has 0 aromatic heterocycles. The standard InChI is InChI=1S/C36H63N5O8S/c1-13-28-36(9)30(41(34(44)49-36)17-15-14-16-38-39-37)26(7)50-20-21(2)19-35(8,45-12)31(24(5)29(42)25(6)32(43)47-28)48-33-23(4)27(40(10)11)18-22(3)46-33/h21-28,30-31,33H,13-20H2,1-12H3/t21-,22?,23?,24+,25-,26-,27?,28-,30-,31-,33+,35-,36-/m1/s1. The number of methoxy groups -OCH3 is 1. The highest BCUT2D eigenvalue weighted by atomic mass is 32.2. The van der Waals surface area contributed by atoms with Gasteiger partial charge in [0.15, 0.2) is 17.7 Å². The molecule has 0 spiro atoms. The van der Waals surface area contributed by atoms with Crippen LogP contribution in [-0.2, 0) is 33.3 Å². The maximum Gasteiger partial charge on any atom is 0.410 e. The van der Waals surface area contributed by atoms with Crippen LogP contribution in [0.1, 0.15) is 94.4 Å².